The first-order chi connectivity index (χ1) is 11.6. The summed E-state index contributed by atoms with van der Waals surface area (Å²) in [6, 6.07) is 11.2. The predicted octanol–water partition coefficient (Wildman–Crippen LogP) is 3.68. The molecule has 3 rings (SSSR count). The molecule has 1 amide bonds. The predicted molar refractivity (Wildman–Crippen MR) is 96.8 cm³/mol. The van der Waals surface area contributed by atoms with Crippen molar-refractivity contribution in [2.75, 3.05) is 6.54 Å². The largest absolute Gasteiger partial charge is 0.340 e. The van der Waals surface area contributed by atoms with Crippen LogP contribution < -0.4 is 5.32 Å². The highest BCUT2D eigenvalue weighted by atomic mass is 35.5. The van der Waals surface area contributed by atoms with E-state index in [-0.39, 0.29) is 12.5 Å². The molecule has 120 valence electrons. The summed E-state index contributed by atoms with van der Waals surface area (Å²) >= 11 is 7.39. The first-order valence-electron chi connectivity index (χ1n) is 7.27. The van der Waals surface area contributed by atoms with E-state index in [9.17, 15) is 4.79 Å². The van der Waals surface area contributed by atoms with Gasteiger partial charge in [-0.05, 0) is 31.2 Å². The van der Waals surface area contributed by atoms with E-state index >= 15 is 0 Å². The number of halogens is 1. The number of aryl methyl sites for hydroxylation is 1. The molecule has 0 aliphatic heterocycles. The molecule has 0 atom stereocenters. The lowest BCUT2D eigenvalue weighted by Crippen LogP contribution is -2.23. The van der Waals surface area contributed by atoms with Crippen molar-refractivity contribution in [2.45, 2.75) is 6.92 Å². The fourth-order valence-electron chi connectivity index (χ4n) is 2.07. The molecule has 6 heteroatoms. The average Bonchev–Trinajstić information content (AvgIpc) is 3.22. The molecule has 0 bridgehead atoms. The smallest absolute Gasteiger partial charge is 0.264 e. The highest BCUT2D eigenvalue weighted by Crippen LogP contribution is 2.21. The molecular formula is C18H14ClN3OS. The number of carbonyl (C=O) groups excluding carboxylic acids is 1. The zero-order valence-electron chi connectivity index (χ0n) is 12.9. The van der Waals surface area contributed by atoms with Gasteiger partial charge in [0.25, 0.3) is 5.91 Å². The number of amides is 1. The number of benzene rings is 1. The van der Waals surface area contributed by atoms with E-state index in [1.165, 1.54) is 11.3 Å². The molecule has 3 aromatic rings. The van der Waals surface area contributed by atoms with Crippen LogP contribution in [-0.2, 0) is 0 Å². The van der Waals surface area contributed by atoms with Crippen LogP contribution in [0.25, 0.3) is 5.13 Å². The Morgan fingerprint density at radius 1 is 1.29 bits per heavy atom. The van der Waals surface area contributed by atoms with Crippen molar-refractivity contribution in [1.29, 1.82) is 0 Å². The number of carbonyl (C=O) groups is 1. The van der Waals surface area contributed by atoms with Crippen molar-refractivity contribution >= 4 is 28.8 Å². The number of thiazole rings is 1. The summed E-state index contributed by atoms with van der Waals surface area (Å²) in [6.07, 6.45) is 3.80. The number of hydrogen-bond donors (Lipinski definition) is 1. The van der Waals surface area contributed by atoms with E-state index in [1.807, 2.05) is 54.2 Å². The highest BCUT2D eigenvalue weighted by molar-refractivity contribution is 7.16. The van der Waals surface area contributed by atoms with Gasteiger partial charge in [0.15, 0.2) is 5.13 Å². The maximum absolute atomic E-state index is 12.3. The minimum absolute atomic E-state index is 0.170. The Hall–Kier alpha value is -2.55. The third-order valence-corrected chi connectivity index (χ3v) is 4.75. The lowest BCUT2D eigenvalue weighted by Gasteiger charge is -1.98. The van der Waals surface area contributed by atoms with Crippen LogP contribution in [0.15, 0.2) is 48.8 Å². The molecule has 1 N–H and O–H groups in total. The van der Waals surface area contributed by atoms with Crippen LogP contribution in [-0.4, -0.2) is 22.0 Å². The summed E-state index contributed by atoms with van der Waals surface area (Å²) in [7, 11) is 0. The Balaban J connectivity index is 1.65. The van der Waals surface area contributed by atoms with Gasteiger partial charge in [-0.15, -0.1) is 0 Å². The number of hydrogen-bond acceptors (Lipinski definition) is 3. The van der Waals surface area contributed by atoms with Gasteiger partial charge in [0.05, 0.1) is 17.3 Å². The van der Waals surface area contributed by atoms with Gasteiger partial charge in [-0.3, -0.25) is 4.79 Å². The third-order valence-electron chi connectivity index (χ3n) is 3.25. The van der Waals surface area contributed by atoms with Crippen LogP contribution in [0.5, 0.6) is 0 Å². The van der Waals surface area contributed by atoms with Gasteiger partial charge in [-0.25, -0.2) is 4.98 Å². The molecule has 0 aliphatic carbocycles. The Labute approximate surface area is 149 Å². The first kappa shape index (κ1) is 16.3. The van der Waals surface area contributed by atoms with Gasteiger partial charge in [0.2, 0.25) is 0 Å². The molecule has 0 radical (unpaired) electrons. The average molecular weight is 356 g/mol. The van der Waals surface area contributed by atoms with Crippen LogP contribution in [0.2, 0.25) is 5.02 Å². The molecule has 4 nitrogen and oxygen atoms in total. The summed E-state index contributed by atoms with van der Waals surface area (Å²) in [6.45, 7) is 2.08. The fourth-order valence-corrected chi connectivity index (χ4v) is 3.21. The molecule has 0 spiro atoms. The number of aromatic nitrogens is 2. The van der Waals surface area contributed by atoms with Gasteiger partial charge < -0.3 is 9.88 Å². The zero-order valence-corrected chi connectivity index (χ0v) is 14.5. The van der Waals surface area contributed by atoms with Crippen LogP contribution in [0.1, 0.15) is 20.9 Å². The molecular weight excluding hydrogens is 342 g/mol. The maximum atomic E-state index is 12.3. The van der Waals surface area contributed by atoms with Crippen LogP contribution in [0.3, 0.4) is 0 Å². The Kier molecular flexibility index (Phi) is 4.99. The zero-order chi connectivity index (χ0) is 16.9. The van der Waals surface area contributed by atoms with Crippen molar-refractivity contribution in [3.63, 3.8) is 0 Å². The summed E-state index contributed by atoms with van der Waals surface area (Å²) in [5, 5.41) is 4.16. The molecule has 2 aromatic heterocycles. The standard InChI is InChI=1S/C18H14ClN3OS/c1-13-16(24-18(21-13)22-11-4-5-12-22)17(23)20-10-6-8-14-7-2-3-9-15(14)19/h2-5,7,9,11-12H,10H2,1H3,(H,20,23). The highest BCUT2D eigenvalue weighted by Gasteiger charge is 2.15. The van der Waals surface area contributed by atoms with Gasteiger partial charge >= 0.3 is 0 Å². The van der Waals surface area contributed by atoms with E-state index in [2.05, 4.69) is 22.1 Å². The summed E-state index contributed by atoms with van der Waals surface area (Å²) in [5.74, 6) is 5.69. The number of rotatable bonds is 3. The van der Waals surface area contributed by atoms with Gasteiger partial charge in [0, 0.05) is 18.0 Å². The van der Waals surface area contributed by atoms with Gasteiger partial charge in [-0.1, -0.05) is 46.9 Å². The Morgan fingerprint density at radius 2 is 2.04 bits per heavy atom. The second-order valence-corrected chi connectivity index (χ2v) is 6.35. The monoisotopic (exact) mass is 355 g/mol. The molecule has 0 saturated heterocycles. The molecule has 1 aromatic carbocycles. The maximum Gasteiger partial charge on any atom is 0.264 e. The topological polar surface area (TPSA) is 46.9 Å². The van der Waals surface area contributed by atoms with Crippen molar-refractivity contribution in [3.05, 3.63) is 69.9 Å². The fraction of sp³-hybridized carbons (Fsp3) is 0.111. The van der Waals surface area contributed by atoms with Gasteiger partial charge in [0.1, 0.15) is 4.88 Å². The summed E-state index contributed by atoms with van der Waals surface area (Å²) in [4.78, 5) is 17.3. The summed E-state index contributed by atoms with van der Waals surface area (Å²) in [5.41, 5.74) is 1.46. The van der Waals surface area contributed by atoms with Crippen LogP contribution >= 0.6 is 22.9 Å². The first-order valence-corrected chi connectivity index (χ1v) is 8.47. The van der Waals surface area contributed by atoms with Crippen LogP contribution in [0, 0.1) is 18.8 Å². The number of nitrogens with zero attached hydrogens (tertiary/aromatic N) is 2. The van der Waals surface area contributed by atoms with Crippen molar-refractivity contribution in [1.82, 2.24) is 14.9 Å². The van der Waals surface area contributed by atoms with Crippen molar-refractivity contribution in [3.8, 4) is 17.0 Å². The van der Waals surface area contributed by atoms with Crippen molar-refractivity contribution < 1.29 is 4.79 Å². The quantitative estimate of drug-likeness (QED) is 0.728. The molecule has 0 aliphatic rings. The lowest BCUT2D eigenvalue weighted by molar-refractivity contribution is 0.0962. The minimum atomic E-state index is -0.170. The van der Waals surface area contributed by atoms with E-state index in [4.69, 9.17) is 11.6 Å². The molecule has 0 fully saturated rings. The van der Waals surface area contributed by atoms with E-state index in [0.29, 0.717) is 15.6 Å². The van der Waals surface area contributed by atoms with E-state index < -0.39 is 0 Å². The molecule has 24 heavy (non-hydrogen) atoms. The van der Waals surface area contributed by atoms with Gasteiger partial charge in [-0.2, -0.15) is 0 Å². The van der Waals surface area contributed by atoms with E-state index in [0.717, 1.165) is 10.7 Å². The lowest BCUT2D eigenvalue weighted by atomic mass is 10.2. The molecule has 0 saturated carbocycles. The second-order valence-electron chi connectivity index (χ2n) is 4.97. The second kappa shape index (κ2) is 7.35. The Bertz CT molecular complexity index is 919. The Morgan fingerprint density at radius 3 is 2.79 bits per heavy atom. The molecule has 0 unspecified atom stereocenters. The minimum Gasteiger partial charge on any atom is -0.340 e. The normalized spacial score (nSPS) is 10.1. The molecule has 2 heterocycles. The third kappa shape index (κ3) is 3.67. The van der Waals surface area contributed by atoms with Crippen LogP contribution in [0.4, 0.5) is 0 Å². The summed E-state index contributed by atoms with van der Waals surface area (Å²) < 4.78 is 1.88. The van der Waals surface area contributed by atoms with E-state index in [1.54, 1.807) is 6.07 Å². The number of nitrogens with one attached hydrogen (secondary N) is 1. The SMILES string of the molecule is Cc1nc(-n2cccc2)sc1C(=O)NCC#Cc1ccccc1Cl. The van der Waals surface area contributed by atoms with Crippen molar-refractivity contribution in [2.24, 2.45) is 0 Å².